The Kier molecular flexibility index (Phi) is 5.27. The Hall–Kier alpha value is -1.47. The van der Waals surface area contributed by atoms with E-state index >= 15 is 0 Å². The molecule has 0 atom stereocenters. The molecular weight excluding hydrogens is 328 g/mol. The van der Waals surface area contributed by atoms with Gasteiger partial charge in [-0.25, -0.2) is 0 Å². The van der Waals surface area contributed by atoms with Gasteiger partial charge in [0.05, 0.1) is 0 Å². The third kappa shape index (κ3) is 3.72. The first-order valence-electron chi connectivity index (χ1n) is 8.14. The molecule has 3 rings (SSSR count). The van der Waals surface area contributed by atoms with Gasteiger partial charge in [0.1, 0.15) is 5.82 Å². The smallest absolute Gasteiger partial charge is 0.222 e. The van der Waals surface area contributed by atoms with Crippen LogP contribution in [0.15, 0.2) is 17.5 Å². The normalized spacial score (nSPS) is 16.0. The molecule has 1 fully saturated rings. The van der Waals surface area contributed by atoms with Crippen LogP contribution in [0.25, 0.3) is 0 Å². The molecule has 23 heavy (non-hydrogen) atoms. The lowest BCUT2D eigenvalue weighted by Crippen LogP contribution is -2.38. The van der Waals surface area contributed by atoms with Gasteiger partial charge in [0, 0.05) is 36.9 Å². The average Bonchev–Trinajstić information content (AvgIpc) is 3.22. The van der Waals surface area contributed by atoms with Crippen LogP contribution in [-0.2, 0) is 17.8 Å². The minimum absolute atomic E-state index is 0.270. The Labute approximate surface area is 145 Å². The molecule has 1 aliphatic rings. The van der Waals surface area contributed by atoms with Gasteiger partial charge in [-0.15, -0.1) is 11.3 Å². The van der Waals surface area contributed by atoms with E-state index in [1.54, 1.807) is 11.3 Å². The number of thiophene rings is 1. The summed E-state index contributed by atoms with van der Waals surface area (Å²) < 4.78 is 2.76. The van der Waals surface area contributed by atoms with Crippen LogP contribution in [0.4, 0.5) is 0 Å². The van der Waals surface area contributed by atoms with Gasteiger partial charge in [0.25, 0.3) is 0 Å². The van der Waals surface area contributed by atoms with Gasteiger partial charge < -0.3 is 9.47 Å². The van der Waals surface area contributed by atoms with Gasteiger partial charge in [-0.3, -0.25) is 9.89 Å². The maximum atomic E-state index is 12.4. The first-order valence-corrected chi connectivity index (χ1v) is 9.43. The Morgan fingerprint density at radius 1 is 1.48 bits per heavy atom. The van der Waals surface area contributed by atoms with E-state index in [0.717, 1.165) is 44.7 Å². The number of nitrogens with one attached hydrogen (secondary N) is 1. The molecule has 124 valence electrons. The van der Waals surface area contributed by atoms with Gasteiger partial charge in [-0.2, -0.15) is 5.10 Å². The fourth-order valence-corrected chi connectivity index (χ4v) is 4.15. The molecule has 0 aliphatic carbocycles. The SMILES string of the molecule is CCn1c(C2CCN(C(=O)CCc3cccs3)CC2)n[nH]c1=S. The number of carbonyl (C=O) groups excluding carboxylic acids is 1. The third-order valence-electron chi connectivity index (χ3n) is 4.48. The van der Waals surface area contributed by atoms with Crippen LogP contribution < -0.4 is 0 Å². The summed E-state index contributed by atoms with van der Waals surface area (Å²) in [4.78, 5) is 15.6. The highest BCUT2D eigenvalue weighted by atomic mass is 32.1. The van der Waals surface area contributed by atoms with E-state index in [2.05, 4.69) is 33.1 Å². The molecule has 0 unspecified atom stereocenters. The standard InChI is InChI=1S/C16H22N4OS2/c1-2-20-15(17-18-16(20)22)12-7-9-19(10-8-12)14(21)6-5-13-4-3-11-23-13/h3-4,11-12H,2,5-10H2,1H3,(H,18,22). The maximum absolute atomic E-state index is 12.4. The Morgan fingerprint density at radius 3 is 2.91 bits per heavy atom. The van der Waals surface area contributed by atoms with Crippen molar-refractivity contribution in [3.63, 3.8) is 0 Å². The molecule has 1 aliphatic heterocycles. The summed E-state index contributed by atoms with van der Waals surface area (Å²) in [5.74, 6) is 1.71. The van der Waals surface area contributed by atoms with Crippen molar-refractivity contribution in [3.8, 4) is 0 Å². The van der Waals surface area contributed by atoms with Gasteiger partial charge in [0.15, 0.2) is 4.77 Å². The number of nitrogens with zero attached hydrogens (tertiary/aromatic N) is 3. The van der Waals surface area contributed by atoms with Crippen molar-refractivity contribution in [2.45, 2.75) is 45.1 Å². The lowest BCUT2D eigenvalue weighted by atomic mass is 9.95. The van der Waals surface area contributed by atoms with Crippen LogP contribution in [0.3, 0.4) is 0 Å². The number of piperidine rings is 1. The number of carbonyl (C=O) groups is 1. The van der Waals surface area contributed by atoms with Gasteiger partial charge in [-0.05, 0) is 49.9 Å². The minimum atomic E-state index is 0.270. The Balaban J connectivity index is 1.53. The molecule has 0 radical (unpaired) electrons. The fourth-order valence-electron chi connectivity index (χ4n) is 3.18. The first-order chi connectivity index (χ1) is 11.2. The fraction of sp³-hybridized carbons (Fsp3) is 0.562. The molecule has 0 aromatic carbocycles. The molecule has 1 saturated heterocycles. The predicted molar refractivity (Wildman–Crippen MR) is 94.3 cm³/mol. The van der Waals surface area contributed by atoms with Gasteiger partial charge >= 0.3 is 0 Å². The minimum Gasteiger partial charge on any atom is -0.343 e. The van der Waals surface area contributed by atoms with Crippen LogP contribution in [0.1, 0.15) is 42.8 Å². The highest BCUT2D eigenvalue weighted by Crippen LogP contribution is 2.27. The van der Waals surface area contributed by atoms with Crippen LogP contribution in [0.2, 0.25) is 0 Å². The summed E-state index contributed by atoms with van der Waals surface area (Å²) in [5.41, 5.74) is 0. The molecule has 2 aromatic heterocycles. The highest BCUT2D eigenvalue weighted by molar-refractivity contribution is 7.71. The third-order valence-corrected chi connectivity index (χ3v) is 5.73. The first kappa shape index (κ1) is 16.4. The summed E-state index contributed by atoms with van der Waals surface area (Å²) in [7, 11) is 0. The van der Waals surface area contributed by atoms with E-state index in [-0.39, 0.29) is 5.91 Å². The zero-order valence-corrected chi connectivity index (χ0v) is 15.0. The summed E-state index contributed by atoms with van der Waals surface area (Å²) >= 11 is 6.98. The molecule has 0 bridgehead atoms. The number of aryl methyl sites for hydroxylation is 1. The van der Waals surface area contributed by atoms with Crippen molar-refractivity contribution in [2.75, 3.05) is 13.1 Å². The van der Waals surface area contributed by atoms with E-state index in [1.807, 2.05) is 11.0 Å². The number of likely N-dealkylation sites (tertiary alicyclic amines) is 1. The highest BCUT2D eigenvalue weighted by Gasteiger charge is 2.26. The number of H-pyrrole nitrogens is 1. The topological polar surface area (TPSA) is 53.9 Å². The lowest BCUT2D eigenvalue weighted by Gasteiger charge is -2.31. The largest absolute Gasteiger partial charge is 0.343 e. The summed E-state index contributed by atoms with van der Waals surface area (Å²) in [6, 6.07) is 4.13. The molecule has 0 spiro atoms. The maximum Gasteiger partial charge on any atom is 0.222 e. The van der Waals surface area contributed by atoms with Crippen molar-refractivity contribution in [1.29, 1.82) is 0 Å². The zero-order valence-electron chi connectivity index (χ0n) is 13.3. The molecule has 2 aromatic rings. The van der Waals surface area contributed by atoms with E-state index in [1.165, 1.54) is 4.88 Å². The molecule has 7 heteroatoms. The van der Waals surface area contributed by atoms with Crippen LogP contribution in [0, 0.1) is 4.77 Å². The number of hydrogen-bond donors (Lipinski definition) is 1. The summed E-state index contributed by atoms with van der Waals surface area (Å²) in [6.07, 6.45) is 3.39. The van der Waals surface area contributed by atoms with E-state index in [9.17, 15) is 4.79 Å². The summed E-state index contributed by atoms with van der Waals surface area (Å²) in [6.45, 7) is 4.55. The van der Waals surface area contributed by atoms with Crippen molar-refractivity contribution < 1.29 is 4.79 Å². The second-order valence-electron chi connectivity index (χ2n) is 5.87. The van der Waals surface area contributed by atoms with Gasteiger partial charge in [0.2, 0.25) is 5.91 Å². The predicted octanol–water partition coefficient (Wildman–Crippen LogP) is 3.36. The second-order valence-corrected chi connectivity index (χ2v) is 7.28. The molecule has 1 N–H and O–H groups in total. The van der Waals surface area contributed by atoms with E-state index in [4.69, 9.17) is 12.2 Å². The van der Waals surface area contributed by atoms with Crippen molar-refractivity contribution >= 4 is 29.5 Å². The molecule has 1 amide bonds. The Bertz CT molecular complexity index is 696. The molecular formula is C16H22N4OS2. The Morgan fingerprint density at radius 2 is 2.26 bits per heavy atom. The number of amides is 1. The number of aromatic amines is 1. The van der Waals surface area contributed by atoms with Crippen molar-refractivity contribution in [2.24, 2.45) is 0 Å². The van der Waals surface area contributed by atoms with Crippen LogP contribution in [0.5, 0.6) is 0 Å². The van der Waals surface area contributed by atoms with E-state index in [0.29, 0.717) is 17.1 Å². The molecule has 3 heterocycles. The molecule has 0 saturated carbocycles. The van der Waals surface area contributed by atoms with Crippen LogP contribution in [-0.4, -0.2) is 38.7 Å². The molecule has 5 nitrogen and oxygen atoms in total. The average molecular weight is 351 g/mol. The van der Waals surface area contributed by atoms with Crippen molar-refractivity contribution in [1.82, 2.24) is 19.7 Å². The quantitative estimate of drug-likeness (QED) is 0.841. The lowest BCUT2D eigenvalue weighted by molar-refractivity contribution is -0.132. The van der Waals surface area contributed by atoms with Crippen molar-refractivity contribution in [3.05, 3.63) is 33.0 Å². The number of aromatic nitrogens is 3. The number of hydrogen-bond acceptors (Lipinski definition) is 4. The second kappa shape index (κ2) is 7.40. The monoisotopic (exact) mass is 350 g/mol. The van der Waals surface area contributed by atoms with E-state index < -0.39 is 0 Å². The van der Waals surface area contributed by atoms with Gasteiger partial charge in [-0.1, -0.05) is 6.07 Å². The van der Waals surface area contributed by atoms with Crippen LogP contribution >= 0.6 is 23.6 Å². The summed E-state index contributed by atoms with van der Waals surface area (Å²) in [5, 5.41) is 9.35. The zero-order chi connectivity index (χ0) is 16.2. The number of rotatable bonds is 5.